The summed E-state index contributed by atoms with van der Waals surface area (Å²) in [5, 5.41) is 0. The van der Waals surface area contributed by atoms with Crippen LogP contribution in [-0.2, 0) is 19.1 Å². The SMILES string of the molecule is COc1ccc(N2C(=O)CC(N(CC(OC)OC)C(=O)c3ccccc3F)C2=O)cc1. The van der Waals surface area contributed by atoms with E-state index in [2.05, 4.69) is 0 Å². The van der Waals surface area contributed by atoms with Crippen LogP contribution in [0.25, 0.3) is 0 Å². The lowest BCUT2D eigenvalue weighted by Gasteiger charge is -2.30. The van der Waals surface area contributed by atoms with Crippen molar-refractivity contribution in [1.29, 1.82) is 0 Å². The van der Waals surface area contributed by atoms with Crippen molar-refractivity contribution in [2.45, 2.75) is 18.8 Å². The fraction of sp³-hybridized carbons (Fsp3) is 0.318. The Hall–Kier alpha value is -3.30. The summed E-state index contributed by atoms with van der Waals surface area (Å²) in [5.74, 6) is -1.96. The van der Waals surface area contributed by atoms with Gasteiger partial charge < -0.3 is 19.1 Å². The molecule has 1 fully saturated rings. The molecule has 1 aliphatic heterocycles. The molecule has 0 saturated carbocycles. The molecule has 3 amide bonds. The van der Waals surface area contributed by atoms with Crippen LogP contribution >= 0.6 is 0 Å². The van der Waals surface area contributed by atoms with Gasteiger partial charge in [-0.1, -0.05) is 12.1 Å². The van der Waals surface area contributed by atoms with Gasteiger partial charge >= 0.3 is 0 Å². The van der Waals surface area contributed by atoms with E-state index in [0.717, 1.165) is 15.9 Å². The summed E-state index contributed by atoms with van der Waals surface area (Å²) in [6, 6.07) is 10.7. The smallest absolute Gasteiger partial charge is 0.257 e. The molecule has 31 heavy (non-hydrogen) atoms. The van der Waals surface area contributed by atoms with Crippen LogP contribution in [0, 0.1) is 5.82 Å². The first-order valence-corrected chi connectivity index (χ1v) is 9.53. The van der Waals surface area contributed by atoms with Crippen LogP contribution < -0.4 is 9.64 Å². The van der Waals surface area contributed by atoms with Crippen LogP contribution in [0.1, 0.15) is 16.8 Å². The van der Waals surface area contributed by atoms with E-state index in [1.54, 1.807) is 24.3 Å². The number of halogens is 1. The molecule has 0 bridgehead atoms. The average Bonchev–Trinajstić information content (AvgIpc) is 3.08. The first-order valence-electron chi connectivity index (χ1n) is 9.53. The maximum atomic E-state index is 14.3. The van der Waals surface area contributed by atoms with Crippen molar-refractivity contribution in [3.63, 3.8) is 0 Å². The van der Waals surface area contributed by atoms with Gasteiger partial charge in [-0.2, -0.15) is 0 Å². The zero-order chi connectivity index (χ0) is 22.5. The number of methoxy groups -OCH3 is 3. The molecule has 0 aliphatic carbocycles. The molecule has 1 atom stereocenters. The number of hydrogen-bond donors (Lipinski definition) is 0. The van der Waals surface area contributed by atoms with Gasteiger partial charge in [0, 0.05) is 14.2 Å². The number of carbonyl (C=O) groups is 3. The number of amides is 3. The zero-order valence-corrected chi connectivity index (χ0v) is 17.4. The van der Waals surface area contributed by atoms with Gasteiger partial charge in [0.2, 0.25) is 5.91 Å². The van der Waals surface area contributed by atoms with E-state index in [1.807, 2.05) is 0 Å². The van der Waals surface area contributed by atoms with Crippen LogP contribution in [0.15, 0.2) is 48.5 Å². The molecule has 1 saturated heterocycles. The van der Waals surface area contributed by atoms with Gasteiger partial charge in [-0.3, -0.25) is 14.4 Å². The molecular weight excluding hydrogens is 407 g/mol. The number of anilines is 1. The summed E-state index contributed by atoms with van der Waals surface area (Å²) >= 11 is 0. The number of carbonyl (C=O) groups excluding carboxylic acids is 3. The molecule has 8 nitrogen and oxygen atoms in total. The summed E-state index contributed by atoms with van der Waals surface area (Å²) in [7, 11) is 4.27. The maximum Gasteiger partial charge on any atom is 0.257 e. The Kier molecular flexibility index (Phi) is 6.98. The van der Waals surface area contributed by atoms with Gasteiger partial charge in [-0.25, -0.2) is 9.29 Å². The third kappa shape index (κ3) is 4.57. The van der Waals surface area contributed by atoms with E-state index in [4.69, 9.17) is 14.2 Å². The minimum atomic E-state index is -1.13. The highest BCUT2D eigenvalue weighted by molar-refractivity contribution is 6.23. The molecule has 0 aromatic heterocycles. The number of rotatable bonds is 8. The lowest BCUT2D eigenvalue weighted by Crippen LogP contribution is -2.49. The Morgan fingerprint density at radius 2 is 1.74 bits per heavy atom. The molecule has 0 N–H and O–H groups in total. The third-order valence-corrected chi connectivity index (χ3v) is 5.07. The second-order valence-corrected chi connectivity index (χ2v) is 6.82. The molecule has 2 aromatic carbocycles. The lowest BCUT2D eigenvalue weighted by atomic mass is 10.1. The highest BCUT2D eigenvalue weighted by Gasteiger charge is 2.45. The van der Waals surface area contributed by atoms with Crippen LogP contribution in [0.5, 0.6) is 5.75 Å². The van der Waals surface area contributed by atoms with Crippen molar-refractivity contribution in [2.24, 2.45) is 0 Å². The summed E-state index contributed by atoms with van der Waals surface area (Å²) in [6.45, 7) is -0.166. The molecule has 1 heterocycles. The van der Waals surface area contributed by atoms with E-state index in [-0.39, 0.29) is 18.5 Å². The standard InChI is InChI=1S/C22H23FN2O6/c1-29-15-10-8-14(9-11-15)25-19(26)12-18(22(25)28)24(13-20(30-2)31-3)21(27)16-6-4-5-7-17(16)23/h4-11,18,20H,12-13H2,1-3H3. The summed E-state index contributed by atoms with van der Waals surface area (Å²) < 4.78 is 29.7. The first kappa shape index (κ1) is 22.4. The van der Waals surface area contributed by atoms with Crippen molar-refractivity contribution in [2.75, 3.05) is 32.8 Å². The van der Waals surface area contributed by atoms with Crippen molar-refractivity contribution >= 4 is 23.4 Å². The summed E-state index contributed by atoms with van der Waals surface area (Å²) in [6.07, 6.45) is -1.11. The second kappa shape index (κ2) is 9.67. The molecule has 3 rings (SSSR count). The van der Waals surface area contributed by atoms with Crippen molar-refractivity contribution < 1.29 is 33.0 Å². The quantitative estimate of drug-likeness (QED) is 0.472. The summed E-state index contributed by atoms with van der Waals surface area (Å²) in [5.41, 5.74) is 0.142. The molecule has 1 unspecified atom stereocenters. The Balaban J connectivity index is 1.94. The minimum Gasteiger partial charge on any atom is -0.497 e. The van der Waals surface area contributed by atoms with Crippen molar-refractivity contribution in [3.8, 4) is 5.75 Å². The molecule has 9 heteroatoms. The Bertz CT molecular complexity index is 961. The van der Waals surface area contributed by atoms with Crippen LogP contribution in [0.4, 0.5) is 10.1 Å². The van der Waals surface area contributed by atoms with E-state index in [9.17, 15) is 18.8 Å². The number of nitrogens with zero attached hydrogens (tertiary/aromatic N) is 2. The van der Waals surface area contributed by atoms with Gasteiger partial charge in [-0.05, 0) is 36.4 Å². The molecule has 1 aliphatic rings. The van der Waals surface area contributed by atoms with E-state index < -0.39 is 35.9 Å². The first-order chi connectivity index (χ1) is 14.9. The van der Waals surface area contributed by atoms with Gasteiger partial charge in [-0.15, -0.1) is 0 Å². The fourth-order valence-corrected chi connectivity index (χ4v) is 3.41. The van der Waals surface area contributed by atoms with Crippen LogP contribution in [0.2, 0.25) is 0 Å². The van der Waals surface area contributed by atoms with Crippen molar-refractivity contribution in [1.82, 2.24) is 4.90 Å². The third-order valence-electron chi connectivity index (χ3n) is 5.07. The number of hydrogen-bond acceptors (Lipinski definition) is 6. The highest BCUT2D eigenvalue weighted by Crippen LogP contribution is 2.28. The Morgan fingerprint density at radius 3 is 2.32 bits per heavy atom. The van der Waals surface area contributed by atoms with Crippen LogP contribution in [-0.4, -0.2) is 62.8 Å². The topological polar surface area (TPSA) is 85.4 Å². The number of ether oxygens (including phenoxy) is 3. The van der Waals surface area contributed by atoms with E-state index in [0.29, 0.717) is 11.4 Å². The maximum absolute atomic E-state index is 14.3. The second-order valence-electron chi connectivity index (χ2n) is 6.82. The van der Waals surface area contributed by atoms with Gasteiger partial charge in [0.15, 0.2) is 6.29 Å². The van der Waals surface area contributed by atoms with E-state index >= 15 is 0 Å². The lowest BCUT2D eigenvalue weighted by molar-refractivity contribution is -0.128. The fourth-order valence-electron chi connectivity index (χ4n) is 3.41. The van der Waals surface area contributed by atoms with Gasteiger partial charge in [0.25, 0.3) is 11.8 Å². The Labute approximate surface area is 179 Å². The molecule has 0 radical (unpaired) electrons. The molecule has 0 spiro atoms. The predicted octanol–water partition coefficient (Wildman–Crippen LogP) is 2.23. The van der Waals surface area contributed by atoms with Gasteiger partial charge in [0.05, 0.1) is 31.3 Å². The highest BCUT2D eigenvalue weighted by atomic mass is 19.1. The summed E-state index contributed by atoms with van der Waals surface area (Å²) in [4.78, 5) is 41.2. The number of imide groups is 1. The van der Waals surface area contributed by atoms with Gasteiger partial charge in [0.1, 0.15) is 17.6 Å². The normalized spacial score (nSPS) is 16.2. The van der Waals surface area contributed by atoms with Crippen molar-refractivity contribution in [3.05, 3.63) is 59.9 Å². The largest absolute Gasteiger partial charge is 0.497 e. The minimum absolute atomic E-state index is 0.166. The average molecular weight is 430 g/mol. The molecular formula is C22H23FN2O6. The predicted molar refractivity (Wildman–Crippen MR) is 109 cm³/mol. The molecule has 2 aromatic rings. The van der Waals surface area contributed by atoms with E-state index in [1.165, 1.54) is 39.5 Å². The zero-order valence-electron chi connectivity index (χ0n) is 17.4. The number of benzene rings is 2. The van der Waals surface area contributed by atoms with Crippen LogP contribution in [0.3, 0.4) is 0 Å². The Morgan fingerprint density at radius 1 is 1.10 bits per heavy atom. The molecule has 164 valence electrons. The monoisotopic (exact) mass is 430 g/mol.